The Labute approximate surface area is 266 Å². The van der Waals surface area contributed by atoms with Crippen molar-refractivity contribution in [2.24, 2.45) is 5.84 Å². The summed E-state index contributed by atoms with van der Waals surface area (Å²) in [6.45, 7) is 0.00508. The maximum Gasteiger partial charge on any atom is 0.416 e. The molecule has 258 valence electrons. The lowest BCUT2D eigenvalue weighted by molar-refractivity contribution is -0.143. The number of alkyl halides is 9. The number of aryl methyl sites for hydroxylation is 1. The molecule has 8 nitrogen and oxygen atoms in total. The monoisotopic (exact) mass is 690 g/mol. The van der Waals surface area contributed by atoms with Crippen molar-refractivity contribution in [2.45, 2.75) is 56.1 Å². The van der Waals surface area contributed by atoms with Crippen LogP contribution in [0.4, 0.5) is 44.3 Å². The number of halogens is 9. The molecule has 0 unspecified atom stereocenters. The van der Waals surface area contributed by atoms with E-state index in [0.29, 0.717) is 17.7 Å². The van der Waals surface area contributed by atoms with Gasteiger partial charge in [-0.2, -0.15) is 39.5 Å². The number of rotatable bonds is 7. The van der Waals surface area contributed by atoms with Gasteiger partial charge in [-0.25, -0.2) is 10.6 Å². The van der Waals surface area contributed by atoms with Crippen LogP contribution in [0.1, 0.15) is 58.5 Å². The first-order valence-electron chi connectivity index (χ1n) is 14.3. The second kappa shape index (κ2) is 12.8. The predicted molar refractivity (Wildman–Crippen MR) is 151 cm³/mol. The van der Waals surface area contributed by atoms with Gasteiger partial charge in [0.05, 0.1) is 29.8 Å². The summed E-state index contributed by atoms with van der Waals surface area (Å²) >= 11 is 0. The van der Waals surface area contributed by atoms with Crippen LogP contribution in [-0.4, -0.2) is 36.6 Å². The Bertz CT molecular complexity index is 1680. The number of nitrogens with two attached hydrogens (primary N) is 1. The van der Waals surface area contributed by atoms with E-state index in [0.717, 1.165) is 17.0 Å². The number of amides is 2. The molecule has 0 saturated carbocycles. The minimum Gasteiger partial charge on any atom is -0.496 e. The molecule has 2 aliphatic rings. The van der Waals surface area contributed by atoms with Gasteiger partial charge in [-0.05, 0) is 84.1 Å². The quantitative estimate of drug-likeness (QED) is 0.108. The Kier molecular flexibility index (Phi) is 9.31. The fourth-order valence-electron chi connectivity index (χ4n) is 5.94. The van der Waals surface area contributed by atoms with E-state index in [9.17, 15) is 49.1 Å². The van der Waals surface area contributed by atoms with Gasteiger partial charge in [0.25, 0.3) is 0 Å². The van der Waals surface area contributed by atoms with Crippen LogP contribution in [0.2, 0.25) is 0 Å². The smallest absolute Gasteiger partial charge is 0.416 e. The molecule has 3 aromatic rings. The van der Waals surface area contributed by atoms with E-state index in [-0.39, 0.29) is 54.3 Å². The highest BCUT2D eigenvalue weighted by Gasteiger charge is 2.50. The van der Waals surface area contributed by atoms with Crippen LogP contribution in [0.15, 0.2) is 54.6 Å². The molecule has 17 heteroatoms. The second-order valence-corrected chi connectivity index (χ2v) is 11.2. The summed E-state index contributed by atoms with van der Waals surface area (Å²) in [5, 5.41) is 2.96. The highest BCUT2D eigenvalue weighted by Crippen LogP contribution is 2.47. The Hall–Kier alpha value is -4.51. The molecule has 2 fully saturated rings. The zero-order chi connectivity index (χ0) is 35.2. The van der Waals surface area contributed by atoms with E-state index >= 15 is 0 Å². The Morgan fingerprint density at radius 1 is 0.917 bits per heavy atom. The summed E-state index contributed by atoms with van der Waals surface area (Å²) in [4.78, 5) is 26.1. The number of hydrogen-bond acceptors (Lipinski definition) is 6. The normalized spacial score (nSPS) is 19.9. The summed E-state index contributed by atoms with van der Waals surface area (Å²) in [6, 6.07) is 7.26. The molecule has 2 saturated heterocycles. The van der Waals surface area contributed by atoms with Gasteiger partial charge in [-0.1, -0.05) is 12.1 Å². The molecule has 2 heterocycles. The summed E-state index contributed by atoms with van der Waals surface area (Å²) in [7, 11) is 1.33. The minimum absolute atomic E-state index is 0.00508. The van der Waals surface area contributed by atoms with Crippen molar-refractivity contribution in [3.05, 3.63) is 88.0 Å². The van der Waals surface area contributed by atoms with Gasteiger partial charge in [0.2, 0.25) is 5.91 Å². The van der Waals surface area contributed by atoms with E-state index in [2.05, 4.69) is 5.32 Å². The molecular weight excluding hydrogens is 663 g/mol. The van der Waals surface area contributed by atoms with Crippen molar-refractivity contribution in [1.82, 2.24) is 15.6 Å². The predicted octanol–water partition coefficient (Wildman–Crippen LogP) is 6.90. The number of nitrogens with one attached hydrogen (secondary N) is 2. The number of carbonyl (C=O) groups excluding carboxylic acids is 2. The third-order valence-corrected chi connectivity index (χ3v) is 8.17. The lowest BCUT2D eigenvalue weighted by Crippen LogP contribution is -2.50. The van der Waals surface area contributed by atoms with Crippen molar-refractivity contribution in [3.8, 4) is 16.9 Å². The number of hydrogen-bond donors (Lipinski definition) is 3. The first-order chi connectivity index (χ1) is 22.4. The SMILES string of the molecule is COc1ccc(CCC(=O)NN)cc1-c1ccc(C(F)(F)F)cc1[C@H]1NCC[C@H]2[C@@H](c3cc(C(F)(F)F)cc(C(F)(F)F)c3)OC(=O)N12. The molecule has 0 bridgehead atoms. The molecule has 0 spiro atoms. The number of carbonyl (C=O) groups is 2. The Morgan fingerprint density at radius 2 is 1.56 bits per heavy atom. The molecule has 2 amide bonds. The van der Waals surface area contributed by atoms with Crippen LogP contribution < -0.4 is 21.3 Å². The third kappa shape index (κ3) is 7.01. The zero-order valence-corrected chi connectivity index (χ0v) is 24.8. The summed E-state index contributed by atoms with van der Waals surface area (Å²) < 4.78 is 135. The van der Waals surface area contributed by atoms with Gasteiger partial charge >= 0.3 is 24.6 Å². The van der Waals surface area contributed by atoms with Gasteiger partial charge in [0.1, 0.15) is 18.0 Å². The van der Waals surface area contributed by atoms with E-state index in [1.165, 1.54) is 19.2 Å². The van der Waals surface area contributed by atoms with E-state index < -0.39 is 71.1 Å². The third-order valence-electron chi connectivity index (χ3n) is 8.17. The van der Waals surface area contributed by atoms with Crippen molar-refractivity contribution in [3.63, 3.8) is 0 Å². The van der Waals surface area contributed by atoms with Crippen molar-refractivity contribution >= 4 is 12.0 Å². The van der Waals surface area contributed by atoms with Crippen LogP contribution in [0, 0.1) is 0 Å². The largest absolute Gasteiger partial charge is 0.496 e. The molecule has 0 aromatic heterocycles. The summed E-state index contributed by atoms with van der Waals surface area (Å²) in [5.41, 5.74) is -1.94. The molecule has 5 rings (SSSR count). The van der Waals surface area contributed by atoms with E-state index in [1.807, 2.05) is 5.43 Å². The van der Waals surface area contributed by atoms with Gasteiger partial charge in [-0.3, -0.25) is 20.4 Å². The van der Waals surface area contributed by atoms with Gasteiger partial charge in [0.15, 0.2) is 0 Å². The molecule has 2 aliphatic heterocycles. The highest BCUT2D eigenvalue weighted by atomic mass is 19.4. The average molecular weight is 691 g/mol. The minimum atomic E-state index is -5.16. The molecule has 4 N–H and O–H groups in total. The number of ether oxygens (including phenoxy) is 2. The molecular formula is C31H27F9N4O4. The number of fused-ring (bicyclic) bond motifs is 1. The molecule has 3 aromatic carbocycles. The summed E-state index contributed by atoms with van der Waals surface area (Å²) in [5.74, 6) is 4.90. The first kappa shape index (κ1) is 34.8. The number of hydrazine groups is 1. The van der Waals surface area contributed by atoms with Crippen LogP contribution in [0.25, 0.3) is 11.1 Å². The van der Waals surface area contributed by atoms with Crippen molar-refractivity contribution in [2.75, 3.05) is 13.7 Å². The number of cyclic esters (lactones) is 1. The second-order valence-electron chi connectivity index (χ2n) is 11.2. The molecule has 0 aliphatic carbocycles. The van der Waals surface area contributed by atoms with Crippen molar-refractivity contribution in [1.29, 1.82) is 0 Å². The zero-order valence-electron chi connectivity index (χ0n) is 24.8. The lowest BCUT2D eigenvalue weighted by atomic mass is 9.89. The topological polar surface area (TPSA) is 106 Å². The average Bonchev–Trinajstić information content (AvgIpc) is 3.38. The maximum absolute atomic E-state index is 14.0. The fourth-order valence-corrected chi connectivity index (χ4v) is 5.94. The Morgan fingerprint density at radius 3 is 2.15 bits per heavy atom. The Balaban J connectivity index is 1.62. The van der Waals surface area contributed by atoms with Crippen LogP contribution in [0.3, 0.4) is 0 Å². The van der Waals surface area contributed by atoms with Crippen LogP contribution >= 0.6 is 0 Å². The van der Waals surface area contributed by atoms with E-state index in [1.54, 1.807) is 12.1 Å². The van der Waals surface area contributed by atoms with Crippen LogP contribution in [0.5, 0.6) is 5.75 Å². The highest BCUT2D eigenvalue weighted by molar-refractivity contribution is 5.78. The van der Waals surface area contributed by atoms with E-state index in [4.69, 9.17) is 15.3 Å². The maximum atomic E-state index is 14.0. The van der Waals surface area contributed by atoms with Crippen LogP contribution in [-0.2, 0) is 34.5 Å². The standard InChI is InChI=1S/C31H27F9N4O4/c1-47-24-6-2-15(3-7-25(45)43-41)10-21(24)20-5-4-17(29(32,33)34)14-22(20)27-42-9-8-23-26(48-28(46)44(23)27)16-11-18(30(35,36)37)13-19(12-16)31(38,39)40/h2,4-6,10-14,23,26-27,42H,3,7-9,41H2,1H3,(H,43,45)/t23-,26+,27-/m0/s1. The fraction of sp³-hybridized carbons (Fsp3) is 0.355. The lowest BCUT2D eigenvalue weighted by Gasteiger charge is -2.39. The molecule has 3 atom stereocenters. The number of benzene rings is 3. The summed E-state index contributed by atoms with van der Waals surface area (Å²) in [6.07, 6.45) is -19.1. The molecule has 0 radical (unpaired) electrons. The van der Waals surface area contributed by atoms with Crippen molar-refractivity contribution < 1.29 is 58.6 Å². The van der Waals surface area contributed by atoms with Gasteiger partial charge < -0.3 is 9.47 Å². The van der Waals surface area contributed by atoms with Gasteiger partial charge in [0, 0.05) is 12.0 Å². The molecule has 48 heavy (non-hydrogen) atoms. The number of nitrogens with zero attached hydrogens (tertiary/aromatic N) is 1. The number of methoxy groups -OCH3 is 1. The first-order valence-corrected chi connectivity index (χ1v) is 14.3. The van der Waals surface area contributed by atoms with Gasteiger partial charge in [-0.15, -0.1) is 0 Å².